The van der Waals surface area contributed by atoms with Crippen LogP contribution < -0.4 is 15.6 Å². The maximum atomic E-state index is 13.1. The highest BCUT2D eigenvalue weighted by Gasteiger charge is 2.17. The average Bonchev–Trinajstić information content (AvgIpc) is 2.86. The molecule has 0 aliphatic carbocycles. The number of hydrogen-bond donors (Lipinski definition) is 1. The maximum absolute atomic E-state index is 13.1. The van der Waals surface area contributed by atoms with Crippen LogP contribution in [0.25, 0.3) is 28.0 Å². The lowest BCUT2D eigenvalue weighted by molar-refractivity contribution is -0.120. The zero-order valence-electron chi connectivity index (χ0n) is 18.7. The van der Waals surface area contributed by atoms with E-state index < -0.39 is 0 Å². The molecule has 0 atom stereocenters. The van der Waals surface area contributed by atoms with Crippen LogP contribution in [-0.2, 0) is 18.4 Å². The molecule has 0 fully saturated rings. The second kappa shape index (κ2) is 10.0. The van der Waals surface area contributed by atoms with Gasteiger partial charge in [0.2, 0.25) is 5.91 Å². The van der Waals surface area contributed by atoms with E-state index in [1.54, 1.807) is 30.9 Å². The molecule has 0 spiro atoms. The van der Waals surface area contributed by atoms with Crippen LogP contribution in [0.2, 0.25) is 0 Å². The van der Waals surface area contributed by atoms with E-state index >= 15 is 0 Å². The van der Waals surface area contributed by atoms with Gasteiger partial charge < -0.3 is 14.6 Å². The Hall–Kier alpha value is -4.12. The Balaban J connectivity index is 1.68. The molecule has 0 saturated carbocycles. The van der Waals surface area contributed by atoms with Crippen molar-refractivity contribution in [1.29, 1.82) is 0 Å². The topological polar surface area (TPSA) is 60.3 Å². The molecular formula is C28H26N2O3. The number of amides is 1. The average molecular weight is 439 g/mol. The van der Waals surface area contributed by atoms with Gasteiger partial charge in [-0.25, -0.2) is 0 Å². The number of carbonyl (C=O) groups excluding carboxylic acids is 1. The van der Waals surface area contributed by atoms with Gasteiger partial charge >= 0.3 is 0 Å². The fourth-order valence-corrected chi connectivity index (χ4v) is 3.92. The number of ether oxygens (including phenoxy) is 1. The summed E-state index contributed by atoms with van der Waals surface area (Å²) >= 11 is 0. The number of nitrogens with one attached hydrogen (secondary N) is 1. The van der Waals surface area contributed by atoms with Crippen LogP contribution in [-0.4, -0.2) is 17.6 Å². The van der Waals surface area contributed by atoms with Gasteiger partial charge in [0, 0.05) is 35.5 Å². The van der Waals surface area contributed by atoms with Gasteiger partial charge in [-0.1, -0.05) is 72.8 Å². The van der Waals surface area contributed by atoms with E-state index in [1.807, 2.05) is 78.9 Å². The lowest BCUT2D eigenvalue weighted by Gasteiger charge is -2.18. The van der Waals surface area contributed by atoms with Gasteiger partial charge in [0.15, 0.2) is 0 Å². The summed E-state index contributed by atoms with van der Waals surface area (Å²) in [6.07, 6.45) is 4.02. The predicted molar refractivity (Wildman–Crippen MR) is 133 cm³/mol. The Labute approximate surface area is 193 Å². The molecule has 3 aromatic carbocycles. The highest BCUT2D eigenvalue weighted by molar-refractivity contribution is 5.98. The van der Waals surface area contributed by atoms with E-state index in [2.05, 4.69) is 5.32 Å². The molecule has 1 aromatic heterocycles. The molecular weight excluding hydrogens is 412 g/mol. The smallest absolute Gasteiger partial charge is 0.258 e. The fraction of sp³-hybridized carbons (Fsp3) is 0.143. The van der Waals surface area contributed by atoms with Gasteiger partial charge in [0.1, 0.15) is 5.75 Å². The molecule has 1 heterocycles. The minimum atomic E-state index is -0.112. The summed E-state index contributed by atoms with van der Waals surface area (Å²) in [5.74, 6) is 0.563. The summed E-state index contributed by atoms with van der Waals surface area (Å²) < 4.78 is 7.04. The quantitative estimate of drug-likeness (QED) is 0.445. The van der Waals surface area contributed by atoms with Crippen LogP contribution in [0.5, 0.6) is 5.75 Å². The Kier molecular flexibility index (Phi) is 6.69. The summed E-state index contributed by atoms with van der Waals surface area (Å²) in [5.41, 5.74) is 3.56. The monoisotopic (exact) mass is 438 g/mol. The number of benzene rings is 3. The van der Waals surface area contributed by atoms with E-state index in [4.69, 9.17) is 4.74 Å². The Bertz CT molecular complexity index is 1360. The van der Waals surface area contributed by atoms with Crippen LogP contribution in [0.15, 0.2) is 89.7 Å². The van der Waals surface area contributed by atoms with E-state index in [1.165, 1.54) is 0 Å². The number of fused-ring (bicyclic) bond motifs is 1. The lowest BCUT2D eigenvalue weighted by Crippen LogP contribution is -2.28. The molecule has 4 rings (SSSR count). The van der Waals surface area contributed by atoms with Crippen LogP contribution in [0.4, 0.5) is 0 Å². The van der Waals surface area contributed by atoms with E-state index in [0.717, 1.165) is 27.8 Å². The molecule has 0 aliphatic rings. The first-order valence-electron chi connectivity index (χ1n) is 10.8. The molecule has 0 saturated heterocycles. The summed E-state index contributed by atoms with van der Waals surface area (Å²) in [7, 11) is 3.35. The molecule has 0 radical (unpaired) electrons. The van der Waals surface area contributed by atoms with Gasteiger partial charge in [-0.05, 0) is 29.3 Å². The van der Waals surface area contributed by atoms with Gasteiger partial charge in [0.25, 0.3) is 5.56 Å². The van der Waals surface area contributed by atoms with Crippen molar-refractivity contribution in [3.05, 3.63) is 107 Å². The summed E-state index contributed by atoms with van der Waals surface area (Å²) in [6.45, 7) is 0.237. The Morgan fingerprint density at radius 3 is 2.36 bits per heavy atom. The molecule has 1 amide bonds. The number of pyridine rings is 1. The number of hydrogen-bond acceptors (Lipinski definition) is 3. The van der Waals surface area contributed by atoms with Crippen molar-refractivity contribution in [3.63, 3.8) is 0 Å². The second-order valence-electron chi connectivity index (χ2n) is 7.76. The first-order valence-corrected chi connectivity index (χ1v) is 10.8. The standard InChI is InChI=1S/C28H26N2O3/c1-30-25(19-29-26(31)15-9-12-20-10-5-3-6-11-20)27(21-13-7-4-8-14-21)24-18-22(33-2)16-17-23(24)28(30)32/h3-14,16-18H,15,19H2,1-2H3,(H,29,31). The van der Waals surface area contributed by atoms with E-state index in [-0.39, 0.29) is 24.4 Å². The second-order valence-corrected chi connectivity index (χ2v) is 7.76. The van der Waals surface area contributed by atoms with Gasteiger partial charge in [-0.15, -0.1) is 0 Å². The molecule has 1 N–H and O–H groups in total. The van der Waals surface area contributed by atoms with Crippen molar-refractivity contribution in [3.8, 4) is 16.9 Å². The largest absolute Gasteiger partial charge is 0.497 e. The first kappa shape index (κ1) is 22.1. The highest BCUT2D eigenvalue weighted by Crippen LogP contribution is 2.32. The van der Waals surface area contributed by atoms with E-state index in [9.17, 15) is 9.59 Å². The van der Waals surface area contributed by atoms with Crippen molar-refractivity contribution in [2.75, 3.05) is 7.11 Å². The summed E-state index contributed by atoms with van der Waals surface area (Å²) in [5, 5.41) is 4.39. The third kappa shape index (κ3) is 4.88. The summed E-state index contributed by atoms with van der Waals surface area (Å²) in [4.78, 5) is 25.6. The van der Waals surface area contributed by atoms with Gasteiger partial charge in [0.05, 0.1) is 13.7 Å². The molecule has 5 nitrogen and oxygen atoms in total. The van der Waals surface area contributed by atoms with Crippen molar-refractivity contribution in [2.45, 2.75) is 13.0 Å². The third-order valence-corrected chi connectivity index (χ3v) is 5.65. The maximum Gasteiger partial charge on any atom is 0.258 e. The van der Waals surface area contributed by atoms with Crippen molar-refractivity contribution in [2.24, 2.45) is 7.05 Å². The summed E-state index contributed by atoms with van der Waals surface area (Å²) in [6, 6.07) is 25.2. The van der Waals surface area contributed by atoms with Crippen molar-refractivity contribution in [1.82, 2.24) is 9.88 Å². The number of aromatic nitrogens is 1. The molecule has 166 valence electrons. The van der Waals surface area contributed by atoms with E-state index in [0.29, 0.717) is 11.1 Å². The number of carbonyl (C=O) groups is 1. The zero-order valence-corrected chi connectivity index (χ0v) is 18.7. The number of methoxy groups -OCH3 is 1. The molecule has 5 heteroatoms. The number of nitrogens with zero attached hydrogens (tertiary/aromatic N) is 1. The Morgan fingerprint density at radius 1 is 0.970 bits per heavy atom. The molecule has 0 bridgehead atoms. The highest BCUT2D eigenvalue weighted by atomic mass is 16.5. The first-order chi connectivity index (χ1) is 16.1. The van der Waals surface area contributed by atoms with Gasteiger partial charge in [-0.2, -0.15) is 0 Å². The van der Waals surface area contributed by atoms with Crippen LogP contribution in [0.3, 0.4) is 0 Å². The molecule has 4 aromatic rings. The zero-order chi connectivity index (χ0) is 23.2. The third-order valence-electron chi connectivity index (χ3n) is 5.65. The van der Waals surface area contributed by atoms with Crippen LogP contribution >= 0.6 is 0 Å². The molecule has 33 heavy (non-hydrogen) atoms. The predicted octanol–water partition coefficient (Wildman–Crippen LogP) is 4.93. The van der Waals surface area contributed by atoms with Crippen molar-refractivity contribution >= 4 is 22.8 Å². The molecule has 0 aliphatic heterocycles. The SMILES string of the molecule is COc1ccc2c(=O)n(C)c(CNC(=O)CC=Cc3ccccc3)c(-c3ccccc3)c2c1. The minimum Gasteiger partial charge on any atom is -0.497 e. The number of rotatable bonds is 7. The van der Waals surface area contributed by atoms with Crippen LogP contribution in [0, 0.1) is 0 Å². The minimum absolute atomic E-state index is 0.111. The van der Waals surface area contributed by atoms with Crippen LogP contribution in [0.1, 0.15) is 17.7 Å². The fourth-order valence-electron chi connectivity index (χ4n) is 3.92. The molecule has 0 unspecified atom stereocenters. The lowest BCUT2D eigenvalue weighted by atomic mass is 9.96. The normalized spacial score (nSPS) is 11.1. The van der Waals surface area contributed by atoms with Crippen molar-refractivity contribution < 1.29 is 9.53 Å². The van der Waals surface area contributed by atoms with Gasteiger partial charge in [-0.3, -0.25) is 9.59 Å². The Morgan fingerprint density at radius 2 is 1.67 bits per heavy atom.